The van der Waals surface area contributed by atoms with Crippen LogP contribution in [0.3, 0.4) is 0 Å². The van der Waals surface area contributed by atoms with Gasteiger partial charge in [-0.05, 0) is 37.6 Å². The fourth-order valence-electron chi connectivity index (χ4n) is 3.37. The SMILES string of the molecule is Cc1nc(NC2CCN(c3nccn3C)CC2)c2c(C)csc2n1. The third-order valence-corrected chi connectivity index (χ3v) is 5.63. The third kappa shape index (κ3) is 2.73. The van der Waals surface area contributed by atoms with Gasteiger partial charge in [0, 0.05) is 38.6 Å². The largest absolute Gasteiger partial charge is 0.367 e. The lowest BCUT2D eigenvalue weighted by Crippen LogP contribution is -2.40. The molecule has 24 heavy (non-hydrogen) atoms. The molecule has 0 spiro atoms. The second-order valence-electron chi connectivity index (χ2n) is 6.46. The van der Waals surface area contributed by atoms with Gasteiger partial charge < -0.3 is 14.8 Å². The summed E-state index contributed by atoms with van der Waals surface area (Å²) in [7, 11) is 2.05. The molecule has 1 fully saturated rings. The average Bonchev–Trinajstić information content (AvgIpc) is 3.14. The van der Waals surface area contributed by atoms with Crippen LogP contribution in [0.2, 0.25) is 0 Å². The van der Waals surface area contributed by atoms with Gasteiger partial charge in [0.25, 0.3) is 0 Å². The molecule has 0 bridgehead atoms. The summed E-state index contributed by atoms with van der Waals surface area (Å²) < 4.78 is 2.08. The number of hydrogen-bond acceptors (Lipinski definition) is 6. The fourth-order valence-corrected chi connectivity index (χ4v) is 4.34. The first-order valence-electron chi connectivity index (χ1n) is 8.33. The van der Waals surface area contributed by atoms with Gasteiger partial charge in [0.2, 0.25) is 5.95 Å². The monoisotopic (exact) mass is 342 g/mol. The van der Waals surface area contributed by atoms with Crippen molar-refractivity contribution < 1.29 is 0 Å². The van der Waals surface area contributed by atoms with Gasteiger partial charge in [0.05, 0.1) is 5.39 Å². The van der Waals surface area contributed by atoms with E-state index >= 15 is 0 Å². The second-order valence-corrected chi connectivity index (χ2v) is 7.32. The van der Waals surface area contributed by atoms with E-state index in [1.165, 1.54) is 10.9 Å². The number of piperidine rings is 1. The molecule has 1 saturated heterocycles. The van der Waals surface area contributed by atoms with E-state index in [0.717, 1.165) is 48.4 Å². The Bertz CT molecular complexity index is 859. The number of nitrogens with one attached hydrogen (secondary N) is 1. The topological polar surface area (TPSA) is 58.9 Å². The van der Waals surface area contributed by atoms with Crippen molar-refractivity contribution in [1.29, 1.82) is 0 Å². The molecule has 4 heterocycles. The molecule has 0 aliphatic carbocycles. The highest BCUT2D eigenvalue weighted by atomic mass is 32.1. The molecule has 1 N–H and O–H groups in total. The molecule has 1 aliphatic rings. The van der Waals surface area contributed by atoms with Gasteiger partial charge in [-0.3, -0.25) is 0 Å². The van der Waals surface area contributed by atoms with Crippen molar-refractivity contribution in [2.75, 3.05) is 23.3 Å². The predicted molar refractivity (Wildman–Crippen MR) is 99.0 cm³/mol. The third-order valence-electron chi connectivity index (χ3n) is 4.64. The summed E-state index contributed by atoms with van der Waals surface area (Å²) in [5.41, 5.74) is 1.25. The summed E-state index contributed by atoms with van der Waals surface area (Å²) in [4.78, 5) is 17.1. The highest BCUT2D eigenvalue weighted by molar-refractivity contribution is 7.17. The van der Waals surface area contributed by atoms with Crippen molar-refractivity contribution in [3.63, 3.8) is 0 Å². The van der Waals surface area contributed by atoms with Crippen LogP contribution < -0.4 is 10.2 Å². The Balaban J connectivity index is 1.50. The zero-order valence-corrected chi connectivity index (χ0v) is 15.1. The molecule has 6 nitrogen and oxygen atoms in total. The molecular weight excluding hydrogens is 320 g/mol. The highest BCUT2D eigenvalue weighted by Gasteiger charge is 2.23. The molecule has 3 aromatic rings. The van der Waals surface area contributed by atoms with E-state index in [9.17, 15) is 0 Å². The number of imidazole rings is 1. The van der Waals surface area contributed by atoms with Crippen molar-refractivity contribution in [3.05, 3.63) is 29.2 Å². The van der Waals surface area contributed by atoms with E-state index in [4.69, 9.17) is 0 Å². The van der Waals surface area contributed by atoms with Crippen LogP contribution in [0.5, 0.6) is 0 Å². The summed E-state index contributed by atoms with van der Waals surface area (Å²) in [5.74, 6) is 2.88. The molecule has 0 radical (unpaired) electrons. The Morgan fingerprint density at radius 1 is 1.21 bits per heavy atom. The number of anilines is 2. The quantitative estimate of drug-likeness (QED) is 0.792. The molecule has 7 heteroatoms. The first-order chi connectivity index (χ1) is 11.6. The van der Waals surface area contributed by atoms with Gasteiger partial charge in [-0.15, -0.1) is 11.3 Å². The number of aromatic nitrogens is 4. The zero-order valence-electron chi connectivity index (χ0n) is 14.3. The van der Waals surface area contributed by atoms with Crippen LogP contribution in [0.1, 0.15) is 24.2 Å². The van der Waals surface area contributed by atoms with E-state index in [2.05, 4.69) is 42.0 Å². The highest BCUT2D eigenvalue weighted by Crippen LogP contribution is 2.30. The van der Waals surface area contributed by atoms with Crippen LogP contribution in [0.4, 0.5) is 11.8 Å². The molecule has 0 amide bonds. The van der Waals surface area contributed by atoms with Crippen LogP contribution in [0.25, 0.3) is 10.2 Å². The zero-order chi connectivity index (χ0) is 16.7. The van der Waals surface area contributed by atoms with Crippen molar-refractivity contribution in [2.24, 2.45) is 7.05 Å². The lowest BCUT2D eigenvalue weighted by molar-refractivity contribution is 0.515. The van der Waals surface area contributed by atoms with E-state index in [1.54, 1.807) is 11.3 Å². The summed E-state index contributed by atoms with van der Waals surface area (Å²) in [5, 5.41) is 7.01. The fraction of sp³-hybridized carbons (Fsp3) is 0.471. The maximum absolute atomic E-state index is 4.67. The van der Waals surface area contributed by atoms with Crippen LogP contribution in [-0.2, 0) is 7.05 Å². The van der Waals surface area contributed by atoms with Gasteiger partial charge in [0.15, 0.2) is 0 Å². The van der Waals surface area contributed by atoms with Crippen LogP contribution in [0.15, 0.2) is 17.8 Å². The number of nitrogens with zero attached hydrogens (tertiary/aromatic N) is 5. The predicted octanol–water partition coefficient (Wildman–Crippen LogP) is 3.12. The Hall–Kier alpha value is -2.15. The second kappa shape index (κ2) is 6.05. The maximum atomic E-state index is 4.67. The normalized spacial score (nSPS) is 16.0. The Labute approximate surface area is 145 Å². The van der Waals surface area contributed by atoms with Crippen molar-refractivity contribution in [2.45, 2.75) is 32.7 Å². The molecular formula is C17H22N6S. The van der Waals surface area contributed by atoms with Crippen LogP contribution >= 0.6 is 11.3 Å². The van der Waals surface area contributed by atoms with Crippen molar-refractivity contribution in [3.8, 4) is 0 Å². The lowest BCUT2D eigenvalue weighted by Gasteiger charge is -2.33. The minimum Gasteiger partial charge on any atom is -0.367 e. The Morgan fingerprint density at radius 2 is 2.00 bits per heavy atom. The number of thiophene rings is 1. The van der Waals surface area contributed by atoms with Gasteiger partial charge in [0.1, 0.15) is 16.5 Å². The molecule has 0 saturated carbocycles. The Kier molecular flexibility index (Phi) is 3.88. The van der Waals surface area contributed by atoms with E-state index < -0.39 is 0 Å². The van der Waals surface area contributed by atoms with Crippen molar-refractivity contribution in [1.82, 2.24) is 19.5 Å². The smallest absolute Gasteiger partial charge is 0.205 e. The number of fused-ring (bicyclic) bond motifs is 1. The number of rotatable bonds is 3. The van der Waals surface area contributed by atoms with Gasteiger partial charge in [-0.1, -0.05) is 0 Å². The van der Waals surface area contributed by atoms with Crippen molar-refractivity contribution >= 4 is 33.3 Å². The van der Waals surface area contributed by atoms with E-state index in [1.807, 2.05) is 26.4 Å². The number of hydrogen-bond donors (Lipinski definition) is 1. The van der Waals surface area contributed by atoms with Gasteiger partial charge in [-0.25, -0.2) is 15.0 Å². The van der Waals surface area contributed by atoms with Gasteiger partial charge in [-0.2, -0.15) is 0 Å². The molecule has 0 atom stereocenters. The summed E-state index contributed by atoms with van der Waals surface area (Å²) in [6, 6.07) is 0.443. The van der Waals surface area contributed by atoms with Crippen LogP contribution in [0, 0.1) is 13.8 Å². The first-order valence-corrected chi connectivity index (χ1v) is 9.21. The molecule has 3 aromatic heterocycles. The Morgan fingerprint density at radius 3 is 2.71 bits per heavy atom. The summed E-state index contributed by atoms with van der Waals surface area (Å²) in [6.07, 6.45) is 6.03. The molecule has 126 valence electrons. The standard InChI is InChI=1S/C17H22N6S/c1-11-10-24-16-14(11)15(19-12(2)20-16)21-13-4-7-23(8-5-13)17-18-6-9-22(17)3/h6,9-10,13H,4-5,7-8H2,1-3H3,(H,19,20,21). The van der Waals surface area contributed by atoms with E-state index in [-0.39, 0.29) is 0 Å². The first kappa shape index (κ1) is 15.4. The number of aryl methyl sites for hydroxylation is 3. The summed E-state index contributed by atoms with van der Waals surface area (Å²) >= 11 is 1.69. The summed E-state index contributed by atoms with van der Waals surface area (Å²) in [6.45, 7) is 6.12. The molecule has 4 rings (SSSR count). The minimum absolute atomic E-state index is 0.443. The van der Waals surface area contributed by atoms with Crippen LogP contribution in [-0.4, -0.2) is 38.7 Å². The maximum Gasteiger partial charge on any atom is 0.205 e. The average molecular weight is 342 g/mol. The van der Waals surface area contributed by atoms with E-state index in [0.29, 0.717) is 6.04 Å². The molecule has 1 aliphatic heterocycles. The van der Waals surface area contributed by atoms with Gasteiger partial charge >= 0.3 is 0 Å². The molecule has 0 aromatic carbocycles. The molecule has 0 unspecified atom stereocenters. The minimum atomic E-state index is 0.443. The lowest BCUT2D eigenvalue weighted by atomic mass is 10.1.